The first kappa shape index (κ1) is 27.5. The Morgan fingerprint density at radius 3 is 2.41 bits per heavy atom. The van der Waals surface area contributed by atoms with Crippen molar-refractivity contribution in [1.82, 2.24) is 4.90 Å². The molecule has 6 unspecified atom stereocenters. The Morgan fingerprint density at radius 1 is 1.03 bits per heavy atom. The minimum absolute atomic E-state index is 0.0215. The average molecular weight is 542 g/mol. The molecule has 2 aromatic carbocycles. The molecule has 2 heterocycles. The summed E-state index contributed by atoms with van der Waals surface area (Å²) in [5.41, 5.74) is 2.65. The van der Waals surface area contributed by atoms with Gasteiger partial charge in [0.25, 0.3) is 0 Å². The summed E-state index contributed by atoms with van der Waals surface area (Å²) in [7, 11) is 1.43. The average Bonchev–Trinajstić information content (AvgIpc) is 3.23. The molecule has 0 bridgehead atoms. The van der Waals surface area contributed by atoms with Crippen molar-refractivity contribution in [2.24, 2.45) is 11.8 Å². The Morgan fingerprint density at radius 2 is 1.74 bits per heavy atom. The van der Waals surface area contributed by atoms with Gasteiger partial charge >= 0.3 is 5.97 Å². The molecule has 2 fully saturated rings. The Hall–Kier alpha value is -3.02. The zero-order valence-electron chi connectivity index (χ0n) is 21.8. The molecule has 0 saturated carbocycles. The number of carbonyl (C=O) groups excluding carboxylic acids is 1. The number of ketones is 1. The number of aliphatic hydroxyl groups excluding tert-OH is 3. The number of Topliss-reactive ketones (excluding diaryl/α,β-unsaturated/α-hetero) is 1. The van der Waals surface area contributed by atoms with E-state index in [-0.39, 0.29) is 17.5 Å². The highest BCUT2D eigenvalue weighted by molar-refractivity contribution is 6.02. The molecule has 4 N–H and O–H groups in total. The monoisotopic (exact) mass is 541 g/mol. The van der Waals surface area contributed by atoms with Crippen LogP contribution in [0, 0.1) is 11.8 Å². The largest absolute Gasteiger partial charge is 0.493 e. The molecule has 6 atom stereocenters. The first-order chi connectivity index (χ1) is 18.7. The molecule has 10 heteroatoms. The lowest BCUT2D eigenvalue weighted by molar-refractivity contribution is -0.271. The van der Waals surface area contributed by atoms with E-state index in [1.807, 2.05) is 6.07 Å². The fourth-order valence-electron chi connectivity index (χ4n) is 5.92. The van der Waals surface area contributed by atoms with Gasteiger partial charge in [0, 0.05) is 18.0 Å². The molecule has 2 aromatic rings. The van der Waals surface area contributed by atoms with Crippen LogP contribution in [0.5, 0.6) is 11.5 Å². The van der Waals surface area contributed by atoms with Crippen molar-refractivity contribution in [3.8, 4) is 11.5 Å². The highest BCUT2D eigenvalue weighted by atomic mass is 16.7. The van der Waals surface area contributed by atoms with Gasteiger partial charge in [0.1, 0.15) is 18.3 Å². The molecule has 2 aliphatic heterocycles. The number of hydrogen-bond donors (Lipinski definition) is 4. The Kier molecular flexibility index (Phi) is 8.20. The number of piperidine rings is 1. The Bertz CT molecular complexity index is 1180. The van der Waals surface area contributed by atoms with E-state index >= 15 is 0 Å². The summed E-state index contributed by atoms with van der Waals surface area (Å²) in [5, 5.41) is 39.7. The number of nitrogens with zero attached hydrogens (tertiary/aromatic N) is 1. The lowest BCUT2D eigenvalue weighted by Gasteiger charge is -2.38. The third kappa shape index (κ3) is 5.80. The van der Waals surface area contributed by atoms with Crippen LogP contribution < -0.4 is 9.47 Å². The minimum atomic E-state index is -1.83. The number of benzene rings is 2. The smallest absolute Gasteiger partial charge is 0.335 e. The first-order valence-electron chi connectivity index (χ1n) is 13.4. The van der Waals surface area contributed by atoms with Crippen molar-refractivity contribution in [1.29, 1.82) is 0 Å². The molecule has 1 aliphatic carbocycles. The maximum Gasteiger partial charge on any atom is 0.335 e. The van der Waals surface area contributed by atoms with Crippen molar-refractivity contribution in [2.45, 2.75) is 62.9 Å². The van der Waals surface area contributed by atoms with Crippen LogP contribution in [-0.2, 0) is 22.5 Å². The summed E-state index contributed by atoms with van der Waals surface area (Å²) in [4.78, 5) is 27.3. The molecule has 5 rings (SSSR count). The predicted molar refractivity (Wildman–Crippen MR) is 139 cm³/mol. The van der Waals surface area contributed by atoms with Gasteiger partial charge in [0.2, 0.25) is 6.29 Å². The van der Waals surface area contributed by atoms with Crippen LogP contribution in [0.15, 0.2) is 42.5 Å². The van der Waals surface area contributed by atoms with Crippen LogP contribution >= 0.6 is 0 Å². The number of carbonyl (C=O) groups is 2. The van der Waals surface area contributed by atoms with Crippen LogP contribution in [0.3, 0.4) is 0 Å². The Balaban J connectivity index is 1.23. The summed E-state index contributed by atoms with van der Waals surface area (Å²) < 4.78 is 16.4. The van der Waals surface area contributed by atoms with Gasteiger partial charge in [-0.3, -0.25) is 9.69 Å². The lowest BCUT2D eigenvalue weighted by Crippen LogP contribution is -2.61. The zero-order valence-corrected chi connectivity index (χ0v) is 21.8. The molecule has 0 amide bonds. The number of ether oxygens (including phenoxy) is 3. The van der Waals surface area contributed by atoms with E-state index in [1.165, 1.54) is 18.7 Å². The van der Waals surface area contributed by atoms with Gasteiger partial charge in [-0.25, -0.2) is 4.79 Å². The number of fused-ring (bicyclic) bond motifs is 1. The van der Waals surface area contributed by atoms with Crippen molar-refractivity contribution >= 4 is 11.8 Å². The van der Waals surface area contributed by atoms with Gasteiger partial charge < -0.3 is 34.6 Å². The molecule has 2 saturated heterocycles. The molecule has 10 nitrogen and oxygen atoms in total. The lowest BCUT2D eigenvalue weighted by atomic mass is 9.85. The predicted octanol–water partition coefficient (Wildman–Crippen LogP) is 1.62. The molecule has 0 radical (unpaired) electrons. The van der Waals surface area contributed by atoms with E-state index in [9.17, 15) is 30.0 Å². The number of methoxy groups -OCH3 is 1. The van der Waals surface area contributed by atoms with E-state index < -0.39 is 36.7 Å². The van der Waals surface area contributed by atoms with Crippen molar-refractivity contribution in [3.05, 3.63) is 59.2 Å². The van der Waals surface area contributed by atoms with Crippen molar-refractivity contribution in [3.63, 3.8) is 0 Å². The van der Waals surface area contributed by atoms with Gasteiger partial charge in [0.05, 0.1) is 7.11 Å². The van der Waals surface area contributed by atoms with Gasteiger partial charge in [-0.05, 0) is 68.0 Å². The summed E-state index contributed by atoms with van der Waals surface area (Å²) in [6, 6.07) is 13.7. The molecular formula is C29H35NO9. The molecular weight excluding hydrogens is 506 g/mol. The molecule has 210 valence electrons. The summed E-state index contributed by atoms with van der Waals surface area (Å²) >= 11 is 0. The highest BCUT2D eigenvalue weighted by Crippen LogP contribution is 2.41. The standard InChI is InChI=1S/C29H35NO9/c1-37-21-13-18-12-19(11-16-7-9-30(10-8-16)15-17-5-3-2-4-6-17)23(31)20(18)14-22(21)38-29-26(34)24(32)25(33)27(39-29)28(35)36/h2-6,13-14,16,19,24-27,29,32-34H,7-12,15H2,1H3,(H,35,36). The summed E-state index contributed by atoms with van der Waals surface area (Å²) in [6.45, 7) is 2.94. The number of rotatable bonds is 8. The zero-order chi connectivity index (χ0) is 27.7. The van der Waals surface area contributed by atoms with Crippen LogP contribution in [0.25, 0.3) is 0 Å². The maximum atomic E-state index is 13.4. The molecule has 0 aromatic heterocycles. The summed E-state index contributed by atoms with van der Waals surface area (Å²) in [6.07, 6.45) is -5.24. The Labute approximate surface area is 226 Å². The fraction of sp³-hybridized carbons (Fsp3) is 0.517. The van der Waals surface area contributed by atoms with Crippen LogP contribution in [-0.4, -0.2) is 88.0 Å². The van der Waals surface area contributed by atoms with Crippen LogP contribution in [0.1, 0.15) is 40.7 Å². The number of aliphatic hydroxyl groups is 3. The van der Waals surface area contributed by atoms with Crippen molar-refractivity contribution in [2.75, 3.05) is 20.2 Å². The van der Waals surface area contributed by atoms with Gasteiger partial charge in [-0.1, -0.05) is 30.3 Å². The van der Waals surface area contributed by atoms with E-state index in [0.29, 0.717) is 23.7 Å². The second-order valence-electron chi connectivity index (χ2n) is 10.7. The fourth-order valence-corrected chi connectivity index (χ4v) is 5.92. The number of aliphatic carboxylic acids is 1. The topological polar surface area (TPSA) is 146 Å². The highest BCUT2D eigenvalue weighted by Gasteiger charge is 2.48. The second kappa shape index (κ2) is 11.6. The number of hydrogen-bond acceptors (Lipinski definition) is 9. The van der Waals surface area contributed by atoms with Crippen LogP contribution in [0.2, 0.25) is 0 Å². The third-order valence-electron chi connectivity index (χ3n) is 8.12. The van der Waals surface area contributed by atoms with E-state index in [4.69, 9.17) is 14.2 Å². The van der Waals surface area contributed by atoms with Gasteiger partial charge in [-0.15, -0.1) is 0 Å². The van der Waals surface area contributed by atoms with E-state index in [1.54, 1.807) is 6.07 Å². The van der Waals surface area contributed by atoms with Gasteiger partial charge in [0.15, 0.2) is 23.4 Å². The quantitative estimate of drug-likeness (QED) is 0.389. The maximum absolute atomic E-state index is 13.4. The normalized spacial score (nSPS) is 29.7. The third-order valence-corrected chi connectivity index (χ3v) is 8.12. The summed E-state index contributed by atoms with van der Waals surface area (Å²) in [5.74, 6) is -0.795. The van der Waals surface area contributed by atoms with Crippen LogP contribution in [0.4, 0.5) is 0 Å². The SMILES string of the molecule is COc1cc2c(cc1OC1OC(C(=O)O)C(O)C(O)C1O)C(=O)C(CC1CCN(Cc3ccccc3)CC1)C2. The number of carboxylic acids is 1. The van der Waals surface area contributed by atoms with E-state index in [0.717, 1.165) is 44.5 Å². The molecule has 39 heavy (non-hydrogen) atoms. The molecule has 0 spiro atoms. The van der Waals surface area contributed by atoms with Crippen molar-refractivity contribution < 1.29 is 44.2 Å². The number of likely N-dealkylation sites (tertiary alicyclic amines) is 1. The number of carboxylic acid groups (broad SMARTS) is 1. The first-order valence-corrected chi connectivity index (χ1v) is 13.4. The minimum Gasteiger partial charge on any atom is -0.493 e. The van der Waals surface area contributed by atoms with Gasteiger partial charge in [-0.2, -0.15) is 0 Å². The second-order valence-corrected chi connectivity index (χ2v) is 10.7. The molecule has 3 aliphatic rings. The van der Waals surface area contributed by atoms with E-state index in [2.05, 4.69) is 29.2 Å².